The van der Waals surface area contributed by atoms with Crippen molar-refractivity contribution in [1.82, 2.24) is 0 Å². The standard InChI is InChI=1S/C7H4F3/c8-6-3-1-2-5(4-6)7(9)10/h1-2,4,7H. The minimum Gasteiger partial charge on any atom is -0.206 e. The van der Waals surface area contributed by atoms with Gasteiger partial charge in [0.2, 0.25) is 0 Å². The normalized spacial score (nSPS) is 10.4. The van der Waals surface area contributed by atoms with Crippen LogP contribution in [0.4, 0.5) is 13.2 Å². The molecule has 0 spiro atoms. The van der Waals surface area contributed by atoms with E-state index in [4.69, 9.17) is 0 Å². The average molecular weight is 145 g/mol. The van der Waals surface area contributed by atoms with Gasteiger partial charge in [-0.2, -0.15) is 0 Å². The average Bonchev–Trinajstić information content (AvgIpc) is 1.88. The molecule has 1 radical (unpaired) electrons. The lowest BCUT2D eigenvalue weighted by molar-refractivity contribution is 0.151. The lowest BCUT2D eigenvalue weighted by Crippen LogP contribution is -1.84. The first-order valence-corrected chi connectivity index (χ1v) is 2.65. The molecule has 0 N–H and O–H groups in total. The Morgan fingerprint density at radius 1 is 1.40 bits per heavy atom. The Hall–Kier alpha value is -0.990. The highest BCUT2D eigenvalue weighted by Crippen LogP contribution is 2.18. The summed E-state index contributed by atoms with van der Waals surface area (Å²) in [7, 11) is 0. The first kappa shape index (κ1) is 7.12. The molecule has 0 saturated carbocycles. The van der Waals surface area contributed by atoms with Crippen molar-refractivity contribution in [3.05, 3.63) is 35.6 Å². The summed E-state index contributed by atoms with van der Waals surface area (Å²) in [4.78, 5) is 0. The Bertz CT molecular complexity index is 220. The van der Waals surface area contributed by atoms with E-state index in [1.54, 1.807) is 0 Å². The molecule has 0 unspecified atom stereocenters. The van der Waals surface area contributed by atoms with Crippen molar-refractivity contribution in [3.63, 3.8) is 0 Å². The first-order chi connectivity index (χ1) is 4.70. The highest BCUT2D eigenvalue weighted by Gasteiger charge is 2.05. The van der Waals surface area contributed by atoms with Gasteiger partial charge in [0, 0.05) is 11.6 Å². The van der Waals surface area contributed by atoms with Crippen LogP contribution >= 0.6 is 0 Å². The number of hydrogen-bond acceptors (Lipinski definition) is 0. The lowest BCUT2D eigenvalue weighted by atomic mass is 10.2. The van der Waals surface area contributed by atoms with Gasteiger partial charge in [0.15, 0.2) is 0 Å². The molecule has 0 nitrogen and oxygen atoms in total. The predicted octanol–water partition coefficient (Wildman–Crippen LogP) is 2.56. The molecule has 0 amide bonds. The Labute approximate surface area is 56.3 Å². The van der Waals surface area contributed by atoms with Gasteiger partial charge in [-0.05, 0) is 6.07 Å². The van der Waals surface area contributed by atoms with Gasteiger partial charge in [0.25, 0.3) is 6.43 Å². The van der Waals surface area contributed by atoms with Gasteiger partial charge < -0.3 is 0 Å². The van der Waals surface area contributed by atoms with Crippen LogP contribution in [0.5, 0.6) is 0 Å². The van der Waals surface area contributed by atoms with E-state index in [0.29, 0.717) is 0 Å². The Morgan fingerprint density at radius 3 is 2.50 bits per heavy atom. The van der Waals surface area contributed by atoms with Crippen LogP contribution in [0.3, 0.4) is 0 Å². The maximum absolute atomic E-state index is 12.1. The molecule has 0 heterocycles. The minimum atomic E-state index is -2.61. The van der Waals surface area contributed by atoms with Crippen molar-refractivity contribution in [2.24, 2.45) is 0 Å². The van der Waals surface area contributed by atoms with Crippen molar-refractivity contribution >= 4 is 0 Å². The zero-order valence-corrected chi connectivity index (χ0v) is 4.94. The topological polar surface area (TPSA) is 0 Å². The molecule has 3 heteroatoms. The van der Waals surface area contributed by atoms with E-state index in [9.17, 15) is 13.2 Å². The van der Waals surface area contributed by atoms with E-state index in [1.807, 2.05) is 0 Å². The summed E-state index contributed by atoms with van der Waals surface area (Å²) in [5.74, 6) is -0.752. The molecule has 0 aromatic heterocycles. The molecule has 1 rings (SSSR count). The second kappa shape index (κ2) is 2.73. The summed E-state index contributed by atoms with van der Waals surface area (Å²) in [5.41, 5.74) is -0.309. The van der Waals surface area contributed by atoms with Gasteiger partial charge in [0.05, 0.1) is 0 Å². The van der Waals surface area contributed by atoms with E-state index in [-0.39, 0.29) is 5.56 Å². The van der Waals surface area contributed by atoms with Crippen molar-refractivity contribution < 1.29 is 13.2 Å². The van der Waals surface area contributed by atoms with E-state index >= 15 is 0 Å². The number of rotatable bonds is 1. The second-order valence-corrected chi connectivity index (χ2v) is 1.77. The molecule has 0 aliphatic carbocycles. The fourth-order valence-corrected chi connectivity index (χ4v) is 0.589. The van der Waals surface area contributed by atoms with E-state index in [2.05, 4.69) is 6.07 Å². The van der Waals surface area contributed by atoms with Crippen LogP contribution in [-0.4, -0.2) is 0 Å². The third kappa shape index (κ3) is 1.50. The SMILES string of the molecule is Fc1[c]ccc(C(F)F)c1. The van der Waals surface area contributed by atoms with Crippen LogP contribution < -0.4 is 0 Å². The molecular formula is C7H4F3. The third-order valence-electron chi connectivity index (χ3n) is 1.04. The van der Waals surface area contributed by atoms with Gasteiger partial charge in [0.1, 0.15) is 5.82 Å². The molecule has 53 valence electrons. The molecule has 0 atom stereocenters. The summed E-state index contributed by atoms with van der Waals surface area (Å²) >= 11 is 0. The van der Waals surface area contributed by atoms with Crippen LogP contribution in [-0.2, 0) is 0 Å². The van der Waals surface area contributed by atoms with E-state index in [1.165, 1.54) is 0 Å². The fraction of sp³-hybridized carbons (Fsp3) is 0.143. The smallest absolute Gasteiger partial charge is 0.206 e. The molecule has 10 heavy (non-hydrogen) atoms. The van der Waals surface area contributed by atoms with Gasteiger partial charge >= 0.3 is 0 Å². The van der Waals surface area contributed by atoms with E-state index in [0.717, 1.165) is 18.2 Å². The van der Waals surface area contributed by atoms with Crippen LogP contribution in [0.25, 0.3) is 0 Å². The Morgan fingerprint density at radius 2 is 2.10 bits per heavy atom. The van der Waals surface area contributed by atoms with Gasteiger partial charge in [-0.25, -0.2) is 13.2 Å². The zero-order valence-electron chi connectivity index (χ0n) is 4.94. The highest BCUT2D eigenvalue weighted by atomic mass is 19.3. The van der Waals surface area contributed by atoms with Crippen LogP contribution in [0, 0.1) is 11.9 Å². The monoisotopic (exact) mass is 145 g/mol. The Kier molecular flexibility index (Phi) is 1.94. The molecule has 1 aromatic carbocycles. The van der Waals surface area contributed by atoms with Gasteiger partial charge in [-0.3, -0.25) is 0 Å². The molecule has 0 aliphatic rings. The van der Waals surface area contributed by atoms with Crippen LogP contribution in [0.1, 0.15) is 12.0 Å². The molecule has 0 bridgehead atoms. The summed E-state index contributed by atoms with van der Waals surface area (Å²) in [6, 6.07) is 5.16. The number of halogens is 3. The van der Waals surface area contributed by atoms with Crippen molar-refractivity contribution in [1.29, 1.82) is 0 Å². The number of alkyl halides is 2. The molecule has 0 saturated heterocycles. The van der Waals surface area contributed by atoms with E-state index < -0.39 is 12.2 Å². The second-order valence-electron chi connectivity index (χ2n) is 1.77. The number of hydrogen-bond donors (Lipinski definition) is 0. The molecule has 0 fully saturated rings. The molecular weight excluding hydrogens is 141 g/mol. The predicted molar refractivity (Wildman–Crippen MR) is 30.2 cm³/mol. The summed E-state index contributed by atoms with van der Waals surface area (Å²) in [6.45, 7) is 0. The van der Waals surface area contributed by atoms with Crippen molar-refractivity contribution in [3.8, 4) is 0 Å². The fourth-order valence-electron chi connectivity index (χ4n) is 0.589. The first-order valence-electron chi connectivity index (χ1n) is 2.65. The van der Waals surface area contributed by atoms with Gasteiger partial charge in [-0.15, -0.1) is 0 Å². The minimum absolute atomic E-state index is 0.309. The van der Waals surface area contributed by atoms with Crippen LogP contribution in [0.15, 0.2) is 18.2 Å². The summed E-state index contributed by atoms with van der Waals surface area (Å²) in [5, 5.41) is 0. The maximum atomic E-state index is 12.1. The largest absolute Gasteiger partial charge is 0.263 e. The number of benzene rings is 1. The summed E-state index contributed by atoms with van der Waals surface area (Å²) < 4.78 is 35.7. The molecule has 1 aromatic rings. The lowest BCUT2D eigenvalue weighted by Gasteiger charge is -1.96. The summed E-state index contributed by atoms with van der Waals surface area (Å²) in [6.07, 6.45) is -2.61. The molecule has 0 aliphatic heterocycles. The van der Waals surface area contributed by atoms with Crippen LogP contribution in [0.2, 0.25) is 0 Å². The van der Waals surface area contributed by atoms with Crippen molar-refractivity contribution in [2.75, 3.05) is 0 Å². The highest BCUT2D eigenvalue weighted by molar-refractivity contribution is 5.16. The quantitative estimate of drug-likeness (QED) is 0.569. The zero-order chi connectivity index (χ0) is 7.56. The van der Waals surface area contributed by atoms with Gasteiger partial charge in [-0.1, -0.05) is 12.1 Å². The Balaban J connectivity index is 2.96. The van der Waals surface area contributed by atoms with Crippen molar-refractivity contribution in [2.45, 2.75) is 6.43 Å². The third-order valence-corrected chi connectivity index (χ3v) is 1.04. The maximum Gasteiger partial charge on any atom is 0.263 e.